The van der Waals surface area contributed by atoms with Gasteiger partial charge in [-0.1, -0.05) is 23.5 Å². The molecule has 12 heteroatoms. The van der Waals surface area contributed by atoms with E-state index < -0.39 is 26.1 Å². The molecule has 0 unspecified atom stereocenters. The maximum absolute atomic E-state index is 12.7. The van der Waals surface area contributed by atoms with Gasteiger partial charge in [0, 0.05) is 12.1 Å². The molecule has 0 aliphatic rings. The summed E-state index contributed by atoms with van der Waals surface area (Å²) in [5, 5.41) is 13.3. The Morgan fingerprint density at radius 3 is 2.55 bits per heavy atom. The van der Waals surface area contributed by atoms with Gasteiger partial charge in [-0.3, -0.25) is 25.0 Å². The zero-order chi connectivity index (χ0) is 22.2. The number of amides is 1. The lowest BCUT2D eigenvalue weighted by Crippen LogP contribution is -2.21. The highest BCUT2D eigenvalue weighted by atomic mass is 32.2. The number of anilines is 1. The number of nitrogens with one attached hydrogen (secondary N) is 1. The van der Waals surface area contributed by atoms with Gasteiger partial charge in [-0.05, 0) is 24.3 Å². The highest BCUT2D eigenvalue weighted by Crippen LogP contribution is 2.29. The van der Waals surface area contributed by atoms with Gasteiger partial charge in [0.2, 0.25) is 15.3 Å². The molecule has 1 N–H and O–H groups in total. The van der Waals surface area contributed by atoms with Crippen molar-refractivity contribution in [1.82, 2.24) is 4.98 Å². The summed E-state index contributed by atoms with van der Waals surface area (Å²) in [5.74, 6) is -0.798. The van der Waals surface area contributed by atoms with Crippen molar-refractivity contribution >= 4 is 48.9 Å². The summed E-state index contributed by atoms with van der Waals surface area (Å²) in [6.07, 6.45) is 2.09. The molecule has 4 rings (SSSR count). The maximum Gasteiger partial charge on any atom is 0.269 e. The highest BCUT2D eigenvalue weighted by Gasteiger charge is 2.23. The average molecular weight is 457 g/mol. The molecule has 2 aromatic heterocycles. The zero-order valence-electron chi connectivity index (χ0n) is 15.3. The second-order valence-electron chi connectivity index (χ2n) is 6.17. The number of nitro benzene ring substituents is 1. The summed E-state index contributed by atoms with van der Waals surface area (Å²) in [5.41, 5.74) is -0.705. The van der Waals surface area contributed by atoms with Crippen molar-refractivity contribution in [2.75, 3.05) is 5.32 Å². The minimum absolute atomic E-state index is 0.0435. The second-order valence-corrected chi connectivity index (χ2v) is 9.37. The number of fused-ring (bicyclic) bond motifs is 1. The van der Waals surface area contributed by atoms with E-state index in [4.69, 9.17) is 4.42 Å². The van der Waals surface area contributed by atoms with Gasteiger partial charge in [0.25, 0.3) is 11.6 Å². The molecule has 2 heterocycles. The van der Waals surface area contributed by atoms with Crippen molar-refractivity contribution in [3.63, 3.8) is 0 Å². The van der Waals surface area contributed by atoms with Crippen LogP contribution in [0, 0.1) is 10.1 Å². The van der Waals surface area contributed by atoms with Crippen molar-refractivity contribution in [3.8, 4) is 0 Å². The molecule has 0 saturated heterocycles. The van der Waals surface area contributed by atoms with E-state index in [1.54, 1.807) is 18.2 Å². The Labute approximate surface area is 177 Å². The first-order valence-corrected chi connectivity index (χ1v) is 10.8. The molecule has 0 bridgehead atoms. The third kappa shape index (κ3) is 3.81. The topological polar surface area (TPSA) is 149 Å². The molecule has 0 radical (unpaired) electrons. The number of aromatic nitrogens is 1. The van der Waals surface area contributed by atoms with Crippen molar-refractivity contribution < 1.29 is 22.6 Å². The maximum atomic E-state index is 12.7. The van der Waals surface area contributed by atoms with Crippen LogP contribution in [0.2, 0.25) is 0 Å². The first-order chi connectivity index (χ1) is 14.8. The summed E-state index contributed by atoms with van der Waals surface area (Å²) in [4.78, 5) is 38.8. The molecular formula is C19H11N3O7S2. The van der Waals surface area contributed by atoms with Crippen molar-refractivity contribution in [2.24, 2.45) is 0 Å². The molecule has 1 amide bonds. The van der Waals surface area contributed by atoms with E-state index in [9.17, 15) is 28.1 Å². The van der Waals surface area contributed by atoms with E-state index in [1.807, 2.05) is 0 Å². The first-order valence-electron chi connectivity index (χ1n) is 8.54. The van der Waals surface area contributed by atoms with Crippen molar-refractivity contribution in [3.05, 3.63) is 86.9 Å². The lowest BCUT2D eigenvalue weighted by molar-refractivity contribution is -0.384. The molecule has 0 spiro atoms. The number of sulfone groups is 1. The number of hydrogen-bond acceptors (Lipinski definition) is 9. The number of rotatable bonds is 5. The number of nitrogens with zero attached hydrogens (tertiary/aromatic N) is 2. The van der Waals surface area contributed by atoms with E-state index in [2.05, 4.69) is 10.3 Å². The number of carbonyl (C=O) groups excluding carboxylic acids is 1. The van der Waals surface area contributed by atoms with Gasteiger partial charge in [-0.2, -0.15) is 0 Å². The number of hydrogen-bond donors (Lipinski definition) is 1. The summed E-state index contributed by atoms with van der Waals surface area (Å²) >= 11 is 0.680. The van der Waals surface area contributed by atoms with Crippen LogP contribution >= 0.6 is 11.3 Å². The minimum Gasteiger partial charge on any atom is -0.463 e. The highest BCUT2D eigenvalue weighted by molar-refractivity contribution is 7.93. The Kier molecular flexibility index (Phi) is 5.09. The van der Waals surface area contributed by atoms with Crippen molar-refractivity contribution in [2.45, 2.75) is 9.10 Å². The monoisotopic (exact) mass is 457 g/mol. The van der Waals surface area contributed by atoms with Crippen LogP contribution in [0.5, 0.6) is 0 Å². The molecule has 31 heavy (non-hydrogen) atoms. The summed E-state index contributed by atoms with van der Waals surface area (Å²) in [6.45, 7) is 0. The van der Waals surface area contributed by atoms with E-state index in [0.29, 0.717) is 16.9 Å². The van der Waals surface area contributed by atoms with Crippen LogP contribution in [-0.4, -0.2) is 24.2 Å². The van der Waals surface area contributed by atoms with Crippen LogP contribution in [0.3, 0.4) is 0 Å². The van der Waals surface area contributed by atoms with Gasteiger partial charge < -0.3 is 4.42 Å². The fourth-order valence-electron chi connectivity index (χ4n) is 2.70. The van der Waals surface area contributed by atoms with E-state index >= 15 is 0 Å². The third-order valence-corrected chi connectivity index (χ3v) is 7.40. The first kappa shape index (κ1) is 20.4. The fraction of sp³-hybridized carbons (Fsp3) is 0. The van der Waals surface area contributed by atoms with Gasteiger partial charge in [-0.25, -0.2) is 13.4 Å². The zero-order valence-corrected chi connectivity index (χ0v) is 17.0. The number of benzene rings is 2. The van der Waals surface area contributed by atoms with E-state index in [1.165, 1.54) is 6.07 Å². The van der Waals surface area contributed by atoms with Gasteiger partial charge in [0.1, 0.15) is 21.6 Å². The van der Waals surface area contributed by atoms with Gasteiger partial charge in [-0.15, -0.1) is 0 Å². The number of para-hydroxylation sites is 1. The lowest BCUT2D eigenvalue weighted by atomic mass is 10.1. The molecular weight excluding hydrogens is 446 g/mol. The predicted molar refractivity (Wildman–Crippen MR) is 111 cm³/mol. The van der Waals surface area contributed by atoms with Crippen LogP contribution in [0.25, 0.3) is 11.0 Å². The Bertz CT molecular complexity index is 1490. The Morgan fingerprint density at radius 1 is 1.13 bits per heavy atom. The standard InChI is InChI=1S/C19H11N3O7S2/c23-17-13-3-1-2-4-15(13)29-10-14(17)18(24)21-19-20-9-16(30-19)31(27,28)12-7-5-11(6-8-12)22(25)26/h1-10H,(H,20,21,24). The molecule has 0 aliphatic carbocycles. The Balaban J connectivity index is 1.59. The molecule has 10 nitrogen and oxygen atoms in total. The summed E-state index contributed by atoms with van der Waals surface area (Å²) in [6, 6.07) is 10.8. The fourth-order valence-corrected chi connectivity index (χ4v) is 5.13. The quantitative estimate of drug-likeness (QED) is 0.354. The van der Waals surface area contributed by atoms with Crippen LogP contribution in [0.1, 0.15) is 10.4 Å². The number of nitro groups is 1. The van der Waals surface area contributed by atoms with Crippen LogP contribution in [0.4, 0.5) is 10.8 Å². The molecule has 2 aromatic carbocycles. The normalized spacial score (nSPS) is 11.4. The van der Waals surface area contributed by atoms with Gasteiger partial charge in [0.15, 0.2) is 5.13 Å². The van der Waals surface area contributed by atoms with E-state index in [0.717, 1.165) is 36.7 Å². The third-order valence-electron chi connectivity index (χ3n) is 4.25. The molecule has 4 aromatic rings. The summed E-state index contributed by atoms with van der Waals surface area (Å²) < 4.78 is 30.5. The Morgan fingerprint density at radius 2 is 1.84 bits per heavy atom. The van der Waals surface area contributed by atoms with Crippen LogP contribution in [-0.2, 0) is 9.84 Å². The van der Waals surface area contributed by atoms with Gasteiger partial charge in [0.05, 0.1) is 21.4 Å². The summed E-state index contributed by atoms with van der Waals surface area (Å²) in [7, 11) is -4.00. The lowest BCUT2D eigenvalue weighted by Gasteiger charge is -2.02. The van der Waals surface area contributed by atoms with Crippen LogP contribution in [0.15, 0.2) is 79.3 Å². The van der Waals surface area contributed by atoms with Crippen molar-refractivity contribution in [1.29, 1.82) is 0 Å². The Hall–Kier alpha value is -3.90. The van der Waals surface area contributed by atoms with Gasteiger partial charge >= 0.3 is 0 Å². The number of carbonyl (C=O) groups is 1. The van der Waals surface area contributed by atoms with E-state index in [-0.39, 0.29) is 30.9 Å². The average Bonchev–Trinajstić information content (AvgIpc) is 3.23. The molecule has 0 aliphatic heterocycles. The smallest absolute Gasteiger partial charge is 0.269 e. The molecule has 0 saturated carbocycles. The molecule has 0 atom stereocenters. The largest absolute Gasteiger partial charge is 0.463 e. The second kappa shape index (κ2) is 7.74. The molecule has 0 fully saturated rings. The number of thiazole rings is 1. The molecule has 156 valence electrons. The predicted octanol–water partition coefficient (Wildman–Crippen LogP) is 3.24. The minimum atomic E-state index is -4.00. The SMILES string of the molecule is O=C(Nc1ncc(S(=O)(=O)c2ccc([N+](=O)[O-])cc2)s1)c1coc2ccccc2c1=O. The van der Waals surface area contributed by atoms with Crippen LogP contribution < -0.4 is 10.7 Å². The number of non-ortho nitro benzene ring substituents is 1.